The first-order valence-corrected chi connectivity index (χ1v) is 2.00. The molecule has 7 heavy (non-hydrogen) atoms. The minimum absolute atomic E-state index is 0. The smallest absolute Gasteiger partial charge is 0.767 e. The van der Waals surface area contributed by atoms with E-state index in [0.29, 0.717) is 0 Å². The van der Waals surface area contributed by atoms with Crippen LogP contribution in [0.2, 0.25) is 0 Å². The van der Waals surface area contributed by atoms with Crippen LogP contribution in [0.5, 0.6) is 0 Å². The maximum Gasteiger partial charge on any atom is 1.00 e. The van der Waals surface area contributed by atoms with E-state index < -0.39 is 9.17 Å². The molecule has 0 unspecified atom stereocenters. The molecule has 0 saturated heterocycles. The Bertz CT molecular complexity index is 45.0. The Morgan fingerprint density at radius 3 is 1.57 bits per heavy atom. The van der Waals surface area contributed by atoms with Crippen molar-refractivity contribution < 1.29 is 56.8 Å². The predicted molar refractivity (Wildman–Crippen MR) is 7.53 cm³/mol. The van der Waals surface area contributed by atoms with Crippen molar-refractivity contribution in [2.75, 3.05) is 0 Å². The van der Waals surface area contributed by atoms with Crippen molar-refractivity contribution in [3.05, 3.63) is 0 Å². The summed E-state index contributed by atoms with van der Waals surface area (Å²) in [5.74, 6) is 0. The average molecular weight is 106 g/mol. The normalized spacial score (nSPS) is 4.71. The van der Waals surface area contributed by atoms with Gasteiger partial charge in [0.2, 0.25) is 0 Å². The van der Waals surface area contributed by atoms with E-state index in [4.69, 9.17) is 14.5 Å². The second kappa shape index (κ2) is 9.91. The van der Waals surface area contributed by atoms with Crippen LogP contribution in [0.25, 0.3) is 0 Å². The minimum atomic E-state index is -3.43. The van der Waals surface area contributed by atoms with E-state index in [1.807, 2.05) is 0 Å². The molecule has 0 aromatic heterocycles. The van der Waals surface area contributed by atoms with Crippen LogP contribution in [0.4, 0.5) is 0 Å². The van der Waals surface area contributed by atoms with Crippen LogP contribution in [0, 0.1) is 0 Å². The number of hydrogen-bond donors (Lipinski definition) is 0. The summed E-state index contributed by atoms with van der Waals surface area (Å²) in [6.45, 7) is 0. The van der Waals surface area contributed by atoms with Gasteiger partial charge < -0.3 is 19.1 Å². The Morgan fingerprint density at radius 1 is 1.43 bits per heavy atom. The SMILES string of the molecule is O=[Si]([O-])O[O-].[Li+].[Li+]. The van der Waals surface area contributed by atoms with Gasteiger partial charge in [0, 0.05) is 0 Å². The molecule has 0 aliphatic heterocycles. The van der Waals surface area contributed by atoms with Crippen LogP contribution < -0.4 is 47.8 Å². The fraction of sp³-hybridized carbons (Fsp3) is 0. The van der Waals surface area contributed by atoms with E-state index in [1.54, 1.807) is 0 Å². The third-order valence-corrected chi connectivity index (χ3v) is 0.204. The summed E-state index contributed by atoms with van der Waals surface area (Å²) < 4.78 is 11.4. The summed E-state index contributed by atoms with van der Waals surface area (Å²) >= 11 is 0. The minimum Gasteiger partial charge on any atom is -0.767 e. The van der Waals surface area contributed by atoms with Crippen molar-refractivity contribution in [1.82, 2.24) is 0 Å². The van der Waals surface area contributed by atoms with E-state index in [2.05, 4.69) is 4.58 Å². The molecule has 0 aromatic rings. The van der Waals surface area contributed by atoms with Gasteiger partial charge >= 0.3 is 46.9 Å². The zero-order valence-electron chi connectivity index (χ0n) is 4.13. The van der Waals surface area contributed by atoms with Crippen molar-refractivity contribution in [3.8, 4) is 0 Å². The van der Waals surface area contributed by atoms with Gasteiger partial charge in [0.05, 0.1) is 0 Å². The molecule has 0 saturated carbocycles. The van der Waals surface area contributed by atoms with Crippen LogP contribution in [0.1, 0.15) is 0 Å². The molecule has 30 valence electrons. The summed E-state index contributed by atoms with van der Waals surface area (Å²) in [5.41, 5.74) is 0. The fourth-order valence-electron chi connectivity index (χ4n) is 0. The third-order valence-electron chi connectivity index (χ3n) is 0.0680. The average Bonchev–Trinajstić information content (AvgIpc) is 1.38. The molecule has 0 aliphatic carbocycles. The molecule has 0 fully saturated rings. The van der Waals surface area contributed by atoms with Gasteiger partial charge in [-0.3, -0.25) is 0 Å². The van der Waals surface area contributed by atoms with E-state index in [1.165, 1.54) is 0 Å². The number of hydrogen-bond acceptors (Lipinski definition) is 4. The van der Waals surface area contributed by atoms with Gasteiger partial charge in [0.1, 0.15) is 0 Å². The monoisotopic (exact) mass is 106 g/mol. The van der Waals surface area contributed by atoms with E-state index in [0.717, 1.165) is 0 Å². The zero-order valence-corrected chi connectivity index (χ0v) is 5.13. The Morgan fingerprint density at radius 2 is 1.57 bits per heavy atom. The van der Waals surface area contributed by atoms with Crippen molar-refractivity contribution >= 4 is 9.17 Å². The van der Waals surface area contributed by atoms with Crippen LogP contribution in [0.15, 0.2) is 0 Å². The number of rotatable bonds is 1. The molecule has 0 amide bonds. The topological polar surface area (TPSA) is 72.4 Å². The first-order chi connectivity index (χ1) is 2.27. The quantitative estimate of drug-likeness (QED) is 0.189. The zero-order chi connectivity index (χ0) is 4.28. The molecule has 7 heteroatoms. The first kappa shape index (κ1) is 15.7. The Balaban J connectivity index is -0.0000000800. The van der Waals surface area contributed by atoms with Crippen LogP contribution >= 0.6 is 0 Å². The predicted octanol–water partition coefficient (Wildman–Crippen LogP) is -8.94. The maximum absolute atomic E-state index is 8.91. The van der Waals surface area contributed by atoms with Gasteiger partial charge in [-0.25, -0.2) is 0 Å². The summed E-state index contributed by atoms with van der Waals surface area (Å²) in [7, 11) is -3.43. The molecular weight excluding hydrogens is 106 g/mol. The van der Waals surface area contributed by atoms with Crippen LogP contribution in [-0.2, 0) is 9.04 Å². The Hall–Kier alpha value is 0.772. The van der Waals surface area contributed by atoms with Gasteiger partial charge in [0.25, 0.3) is 0 Å². The molecule has 0 N–H and O–H groups in total. The van der Waals surface area contributed by atoms with Gasteiger partial charge in [-0.1, -0.05) is 0 Å². The molecule has 0 heterocycles. The van der Waals surface area contributed by atoms with Crippen molar-refractivity contribution in [2.45, 2.75) is 0 Å². The molecule has 0 rings (SSSR count). The summed E-state index contributed by atoms with van der Waals surface area (Å²) in [6, 6.07) is 0. The largest absolute Gasteiger partial charge is 1.00 e. The molecule has 0 spiro atoms. The van der Waals surface area contributed by atoms with Gasteiger partial charge in [-0.05, 0) is 0 Å². The Kier molecular flexibility index (Phi) is 22.2. The molecule has 4 nitrogen and oxygen atoms in total. The van der Waals surface area contributed by atoms with Gasteiger partial charge in [0.15, 0.2) is 0 Å². The molecule has 0 aliphatic rings. The fourth-order valence-corrected chi connectivity index (χ4v) is 0. The second-order valence-corrected chi connectivity index (χ2v) is 1.00. The molecule has 0 radical (unpaired) electrons. The van der Waals surface area contributed by atoms with Crippen LogP contribution in [-0.4, -0.2) is 9.17 Å². The summed E-state index contributed by atoms with van der Waals surface area (Å²) in [6.07, 6.45) is 0. The van der Waals surface area contributed by atoms with Gasteiger partial charge in [-0.15, -0.1) is 0 Å². The van der Waals surface area contributed by atoms with E-state index >= 15 is 0 Å². The molecule has 0 aromatic carbocycles. The van der Waals surface area contributed by atoms with Crippen molar-refractivity contribution in [3.63, 3.8) is 0 Å². The molecule has 0 bridgehead atoms. The van der Waals surface area contributed by atoms with E-state index in [9.17, 15) is 0 Å². The Labute approximate surface area is 66.1 Å². The van der Waals surface area contributed by atoms with Crippen LogP contribution in [0.3, 0.4) is 0 Å². The van der Waals surface area contributed by atoms with Crippen molar-refractivity contribution in [1.29, 1.82) is 0 Å². The van der Waals surface area contributed by atoms with Crippen molar-refractivity contribution in [2.24, 2.45) is 0 Å². The standard InChI is InChI=1S/2Li.HO4Si/c;;1-4-5(2)3/h;;1H/q2*+1;-1/p-1. The molecular formula is Li2O4Si. The van der Waals surface area contributed by atoms with Gasteiger partial charge in [-0.2, -0.15) is 0 Å². The summed E-state index contributed by atoms with van der Waals surface area (Å²) in [5, 5.41) is 8.55. The van der Waals surface area contributed by atoms with E-state index in [-0.39, 0.29) is 37.7 Å². The maximum atomic E-state index is 8.91. The first-order valence-electron chi connectivity index (χ1n) is 0.779. The third kappa shape index (κ3) is 20.1. The summed E-state index contributed by atoms with van der Waals surface area (Å²) in [4.78, 5) is 8.91. The second-order valence-electron chi connectivity index (χ2n) is 0.333. The molecule has 0 atom stereocenters.